The van der Waals surface area contributed by atoms with Crippen molar-refractivity contribution in [2.75, 3.05) is 7.11 Å². The first-order valence-electron chi connectivity index (χ1n) is 5.88. The molecule has 0 spiro atoms. The molecule has 2 aromatic rings. The molecule has 0 aliphatic heterocycles. The normalized spacial score (nSPS) is 12.8. The molecule has 0 bridgehead atoms. The number of halogens is 1. The van der Waals surface area contributed by atoms with Crippen LogP contribution < -0.4 is 0 Å². The number of carbonyl (C=O) groups is 1. The van der Waals surface area contributed by atoms with Gasteiger partial charge >= 0.3 is 5.97 Å². The van der Waals surface area contributed by atoms with Gasteiger partial charge in [-0.15, -0.1) is 11.6 Å². The monoisotopic (exact) mass is 282 g/mol. The Balaban J connectivity index is 2.56. The zero-order valence-electron chi connectivity index (χ0n) is 10.8. The van der Waals surface area contributed by atoms with Gasteiger partial charge in [-0.1, -0.05) is 0 Å². The van der Waals surface area contributed by atoms with Crippen LogP contribution in [0.5, 0.6) is 0 Å². The molecule has 6 heteroatoms. The van der Waals surface area contributed by atoms with E-state index >= 15 is 0 Å². The first kappa shape index (κ1) is 13.8. The minimum absolute atomic E-state index is 0.00662. The number of alkyl halides is 1. The van der Waals surface area contributed by atoms with Crippen LogP contribution >= 0.6 is 11.6 Å². The van der Waals surface area contributed by atoms with Crippen LogP contribution in [0.2, 0.25) is 0 Å². The summed E-state index contributed by atoms with van der Waals surface area (Å²) in [5.74, 6) is 0.0259. The Morgan fingerprint density at radius 2 is 2.32 bits per heavy atom. The molecule has 102 valence electrons. The van der Waals surface area contributed by atoms with E-state index in [1.54, 1.807) is 25.3 Å². The summed E-state index contributed by atoms with van der Waals surface area (Å²) >= 11 is 5.89. The average Bonchev–Trinajstić information content (AvgIpc) is 2.75. The van der Waals surface area contributed by atoms with Crippen molar-refractivity contribution in [2.45, 2.75) is 25.5 Å². The van der Waals surface area contributed by atoms with Crippen molar-refractivity contribution in [1.82, 2.24) is 9.55 Å². The van der Waals surface area contributed by atoms with E-state index in [1.165, 1.54) is 0 Å². The number of imidazole rings is 1. The first-order valence-corrected chi connectivity index (χ1v) is 6.41. The third-order valence-electron chi connectivity index (χ3n) is 3.04. The first-order chi connectivity index (χ1) is 9.06. The number of aromatic carboxylic acids is 1. The van der Waals surface area contributed by atoms with Crippen molar-refractivity contribution in [3.63, 3.8) is 0 Å². The lowest BCUT2D eigenvalue weighted by Crippen LogP contribution is -2.16. The molecule has 19 heavy (non-hydrogen) atoms. The number of carboxylic acid groups (broad SMARTS) is 1. The summed E-state index contributed by atoms with van der Waals surface area (Å²) in [5, 5.41) is 9.05. The van der Waals surface area contributed by atoms with E-state index < -0.39 is 5.97 Å². The van der Waals surface area contributed by atoms with Crippen molar-refractivity contribution >= 4 is 28.6 Å². The van der Waals surface area contributed by atoms with E-state index in [0.29, 0.717) is 12.4 Å². The van der Waals surface area contributed by atoms with Crippen LogP contribution in [0, 0.1) is 0 Å². The van der Waals surface area contributed by atoms with Gasteiger partial charge in [-0.05, 0) is 25.1 Å². The third-order valence-corrected chi connectivity index (χ3v) is 3.27. The van der Waals surface area contributed by atoms with Crippen LogP contribution in [0.25, 0.3) is 11.0 Å². The number of benzene rings is 1. The van der Waals surface area contributed by atoms with E-state index in [1.807, 2.05) is 11.5 Å². The molecular formula is C13H15ClN2O3. The average molecular weight is 283 g/mol. The van der Waals surface area contributed by atoms with Gasteiger partial charge in [0.1, 0.15) is 5.82 Å². The fourth-order valence-electron chi connectivity index (χ4n) is 1.94. The highest BCUT2D eigenvalue weighted by Crippen LogP contribution is 2.20. The minimum atomic E-state index is -0.957. The molecule has 1 aromatic carbocycles. The second-order valence-corrected chi connectivity index (χ2v) is 4.59. The highest BCUT2D eigenvalue weighted by Gasteiger charge is 2.14. The van der Waals surface area contributed by atoms with Gasteiger partial charge < -0.3 is 14.4 Å². The van der Waals surface area contributed by atoms with Gasteiger partial charge in [0.2, 0.25) is 0 Å². The number of fused-ring (bicyclic) bond motifs is 1. The predicted octanol–water partition coefficient (Wildman–Crippen LogP) is 2.51. The summed E-state index contributed by atoms with van der Waals surface area (Å²) in [6, 6.07) is 4.85. The van der Waals surface area contributed by atoms with Gasteiger partial charge in [0.25, 0.3) is 0 Å². The molecule has 0 fully saturated rings. The number of rotatable bonds is 5. The second kappa shape index (κ2) is 5.59. The molecule has 0 radical (unpaired) electrons. The molecule has 2 rings (SSSR count). The van der Waals surface area contributed by atoms with Crippen LogP contribution in [-0.4, -0.2) is 33.8 Å². The second-order valence-electron chi connectivity index (χ2n) is 4.33. The molecule has 0 saturated heterocycles. The zero-order chi connectivity index (χ0) is 14.0. The van der Waals surface area contributed by atoms with Gasteiger partial charge in [0, 0.05) is 7.11 Å². The fourth-order valence-corrected chi connectivity index (χ4v) is 2.15. The maximum absolute atomic E-state index is 11.0. The molecule has 1 N–H and O–H groups in total. The van der Waals surface area contributed by atoms with Crippen LogP contribution in [-0.2, 0) is 17.2 Å². The van der Waals surface area contributed by atoms with Gasteiger partial charge in [-0.25, -0.2) is 9.78 Å². The van der Waals surface area contributed by atoms with Gasteiger partial charge in [0.15, 0.2) is 0 Å². The van der Waals surface area contributed by atoms with Crippen molar-refractivity contribution in [3.05, 3.63) is 29.6 Å². The van der Waals surface area contributed by atoms with Gasteiger partial charge in [-0.3, -0.25) is 0 Å². The molecule has 0 saturated carbocycles. The maximum Gasteiger partial charge on any atom is 0.335 e. The highest BCUT2D eigenvalue weighted by molar-refractivity contribution is 6.16. The lowest BCUT2D eigenvalue weighted by atomic mass is 10.2. The quantitative estimate of drug-likeness (QED) is 0.856. The summed E-state index contributed by atoms with van der Waals surface area (Å²) in [6.45, 7) is 2.52. The SMILES string of the molecule is COC(C)Cn1c(CCl)nc2ccc(C(=O)O)cc21. The molecule has 0 amide bonds. The highest BCUT2D eigenvalue weighted by atomic mass is 35.5. The van der Waals surface area contributed by atoms with Crippen molar-refractivity contribution in [1.29, 1.82) is 0 Å². The number of carboxylic acids is 1. The Hall–Kier alpha value is -1.59. The molecule has 1 aromatic heterocycles. The zero-order valence-corrected chi connectivity index (χ0v) is 11.5. The van der Waals surface area contributed by atoms with Crippen molar-refractivity contribution in [2.24, 2.45) is 0 Å². The Morgan fingerprint density at radius 3 is 2.89 bits per heavy atom. The largest absolute Gasteiger partial charge is 0.478 e. The molecule has 0 aliphatic carbocycles. The Morgan fingerprint density at radius 1 is 1.58 bits per heavy atom. The number of ether oxygens (including phenoxy) is 1. The fraction of sp³-hybridized carbons (Fsp3) is 0.385. The molecule has 1 atom stereocenters. The smallest absolute Gasteiger partial charge is 0.335 e. The number of nitrogens with zero attached hydrogens (tertiary/aromatic N) is 2. The van der Waals surface area contributed by atoms with Gasteiger partial charge in [-0.2, -0.15) is 0 Å². The number of aromatic nitrogens is 2. The van der Waals surface area contributed by atoms with Crippen LogP contribution in [0.3, 0.4) is 0 Å². The van der Waals surface area contributed by atoms with E-state index in [2.05, 4.69) is 4.98 Å². The summed E-state index contributed by atoms with van der Waals surface area (Å²) in [7, 11) is 1.63. The topological polar surface area (TPSA) is 64.4 Å². The summed E-state index contributed by atoms with van der Waals surface area (Å²) in [5.41, 5.74) is 1.74. The molecular weight excluding hydrogens is 268 g/mol. The Kier molecular flexibility index (Phi) is 4.07. The minimum Gasteiger partial charge on any atom is -0.478 e. The van der Waals surface area contributed by atoms with E-state index in [-0.39, 0.29) is 17.5 Å². The number of hydrogen-bond donors (Lipinski definition) is 1. The molecule has 5 nitrogen and oxygen atoms in total. The molecule has 0 aliphatic rings. The molecule has 1 heterocycles. The van der Waals surface area contributed by atoms with Gasteiger partial charge in [0.05, 0.1) is 35.1 Å². The van der Waals surface area contributed by atoms with E-state index in [0.717, 1.165) is 11.0 Å². The third kappa shape index (κ3) is 2.72. The lowest BCUT2D eigenvalue weighted by Gasteiger charge is -2.13. The van der Waals surface area contributed by atoms with Crippen LogP contribution in [0.1, 0.15) is 23.1 Å². The van der Waals surface area contributed by atoms with Crippen molar-refractivity contribution in [3.8, 4) is 0 Å². The number of methoxy groups -OCH3 is 1. The summed E-state index contributed by atoms with van der Waals surface area (Å²) in [4.78, 5) is 15.4. The molecule has 1 unspecified atom stereocenters. The van der Waals surface area contributed by atoms with Crippen molar-refractivity contribution < 1.29 is 14.6 Å². The summed E-state index contributed by atoms with van der Waals surface area (Å²) < 4.78 is 7.15. The van der Waals surface area contributed by atoms with E-state index in [4.69, 9.17) is 21.4 Å². The van der Waals surface area contributed by atoms with Crippen LogP contribution in [0.4, 0.5) is 0 Å². The van der Waals surface area contributed by atoms with E-state index in [9.17, 15) is 4.79 Å². The maximum atomic E-state index is 11.0. The standard InChI is InChI=1S/C13H15ClN2O3/c1-8(19-2)7-16-11-5-9(13(17)18)3-4-10(11)15-12(16)6-14/h3-5,8H,6-7H2,1-2H3,(H,17,18). The Labute approximate surface area is 115 Å². The summed E-state index contributed by atoms with van der Waals surface area (Å²) in [6.07, 6.45) is -0.00662. The number of hydrogen-bond acceptors (Lipinski definition) is 3. The predicted molar refractivity (Wildman–Crippen MR) is 72.7 cm³/mol. The van der Waals surface area contributed by atoms with Crippen LogP contribution in [0.15, 0.2) is 18.2 Å². The Bertz CT molecular complexity index is 609. The lowest BCUT2D eigenvalue weighted by molar-refractivity contribution is 0.0697.